The van der Waals surface area contributed by atoms with Crippen molar-refractivity contribution in [1.29, 1.82) is 0 Å². The molecule has 12 nitrogen and oxygen atoms in total. The first kappa shape index (κ1) is 46.9. The number of rotatable bonds is 22. The molecular weight excluding hydrogens is 818 g/mol. The average Bonchev–Trinajstić information content (AvgIpc) is 3.31. The number of nitrogens with zero attached hydrogens (tertiary/aromatic N) is 3. The molecule has 1 amide bonds. The third-order valence-electron chi connectivity index (χ3n) is 12.8. The number of halogens is 1. The maximum Gasteiger partial charge on any atom is 0.410 e. The molecule has 344 valence electrons. The number of aliphatic hydroxyl groups is 2. The SMILES string of the molecule is C=CCCOC(=O)N(Cc1ccc(F)cc1)C1CC(=NOC2CCCCO2)C2=CC(CCCCO)C(CCCCO)C3c4cc(OCc5cccc(C)n5)ccc4OC1(OCC=C)C23. The van der Waals surface area contributed by atoms with Crippen LogP contribution in [-0.2, 0) is 32.2 Å². The Labute approximate surface area is 376 Å². The van der Waals surface area contributed by atoms with E-state index in [-0.39, 0.29) is 63.8 Å². The van der Waals surface area contributed by atoms with Gasteiger partial charge < -0.3 is 38.7 Å². The van der Waals surface area contributed by atoms with Crippen LogP contribution in [0.2, 0.25) is 0 Å². The van der Waals surface area contributed by atoms with Gasteiger partial charge in [-0.05, 0) is 117 Å². The van der Waals surface area contributed by atoms with Crippen molar-refractivity contribution in [3.63, 3.8) is 0 Å². The molecular formula is C51H64FN3O9. The number of aromatic nitrogens is 1. The molecule has 7 unspecified atom stereocenters. The van der Waals surface area contributed by atoms with Crippen molar-refractivity contribution < 1.29 is 47.9 Å². The summed E-state index contributed by atoms with van der Waals surface area (Å²) in [5.41, 5.74) is 4.85. The fraction of sp³-hybridized carbons (Fsp3) is 0.510. The number of pyridine rings is 1. The molecule has 7 atom stereocenters. The molecule has 2 aliphatic carbocycles. The first-order valence-corrected chi connectivity index (χ1v) is 23.0. The van der Waals surface area contributed by atoms with Gasteiger partial charge in [-0.3, -0.25) is 9.88 Å². The van der Waals surface area contributed by atoms with E-state index in [4.69, 9.17) is 33.7 Å². The van der Waals surface area contributed by atoms with Crippen molar-refractivity contribution in [2.45, 2.75) is 115 Å². The Kier molecular flexibility index (Phi) is 16.6. The minimum Gasteiger partial charge on any atom is -0.487 e. The zero-order valence-electron chi connectivity index (χ0n) is 37.1. The quantitative estimate of drug-likeness (QED) is 0.0570. The standard InChI is InChI=1S/C51H64FN3O9/c1-4-6-28-60-50(58)55(33-36-19-21-38(52)22-20-36)46-32-44(54-64-47-18-9-12-29-59-47)42-30-37(15-7-10-25-56)41(17-8-11-26-57)48-43-31-40(61-34-39-16-13-14-35(3)53-39)23-24-45(43)63-51(46,49(42)48)62-27-5-2/h4-5,13-14,16,19-24,30-31,37,41,46-49,56-57H,1-2,6-12,15,17-18,25-29,32-34H2,3H3. The first-order valence-electron chi connectivity index (χ1n) is 23.0. The van der Waals surface area contributed by atoms with Gasteiger partial charge in [-0.15, -0.1) is 13.2 Å². The van der Waals surface area contributed by atoms with E-state index >= 15 is 0 Å². The summed E-state index contributed by atoms with van der Waals surface area (Å²) in [4.78, 5) is 27.2. The van der Waals surface area contributed by atoms with Crippen LogP contribution in [0.25, 0.3) is 0 Å². The van der Waals surface area contributed by atoms with Gasteiger partial charge in [0.05, 0.1) is 37.1 Å². The van der Waals surface area contributed by atoms with Crippen LogP contribution in [-0.4, -0.2) is 83.1 Å². The minimum atomic E-state index is -1.52. The number of hydrogen-bond donors (Lipinski definition) is 2. The predicted molar refractivity (Wildman–Crippen MR) is 241 cm³/mol. The highest BCUT2D eigenvalue weighted by Gasteiger charge is 2.65. The maximum atomic E-state index is 14.7. The number of unbranched alkanes of at least 4 members (excludes halogenated alkanes) is 2. The topological polar surface area (TPSA) is 141 Å². The second-order valence-corrected chi connectivity index (χ2v) is 17.2. The van der Waals surface area contributed by atoms with E-state index in [2.05, 4.69) is 30.3 Å². The van der Waals surface area contributed by atoms with Gasteiger partial charge in [0.2, 0.25) is 12.1 Å². The number of aliphatic hydroxyl groups excluding tert-OH is 2. The van der Waals surface area contributed by atoms with Crippen molar-refractivity contribution in [2.24, 2.45) is 22.9 Å². The molecule has 0 spiro atoms. The zero-order chi connectivity index (χ0) is 44.9. The van der Waals surface area contributed by atoms with Crippen LogP contribution in [0.1, 0.15) is 99.1 Å². The third kappa shape index (κ3) is 11.0. The van der Waals surface area contributed by atoms with Crippen molar-refractivity contribution in [2.75, 3.05) is 33.0 Å². The molecule has 2 fully saturated rings. The van der Waals surface area contributed by atoms with Crippen LogP contribution in [0.5, 0.6) is 11.5 Å². The van der Waals surface area contributed by atoms with Crippen LogP contribution in [0.4, 0.5) is 9.18 Å². The summed E-state index contributed by atoms with van der Waals surface area (Å²) >= 11 is 0. The maximum absolute atomic E-state index is 14.7. The normalized spacial score (nSPS) is 25.2. The summed E-state index contributed by atoms with van der Waals surface area (Å²) in [5.74, 6) is -1.44. The number of oxime groups is 1. The Hall–Kier alpha value is -5.08. The number of carbonyl (C=O) groups is 1. The van der Waals surface area contributed by atoms with Crippen LogP contribution >= 0.6 is 0 Å². The monoisotopic (exact) mass is 881 g/mol. The Balaban J connectivity index is 1.43. The largest absolute Gasteiger partial charge is 0.487 e. The number of carbonyl (C=O) groups excluding carboxylic acids is 1. The van der Waals surface area contributed by atoms with Gasteiger partial charge in [0.1, 0.15) is 30.0 Å². The molecule has 1 saturated heterocycles. The molecule has 1 saturated carbocycles. The van der Waals surface area contributed by atoms with Gasteiger partial charge in [0.25, 0.3) is 0 Å². The second kappa shape index (κ2) is 22.7. The number of aryl methyl sites for hydroxylation is 1. The molecule has 3 heterocycles. The molecule has 0 bridgehead atoms. The summed E-state index contributed by atoms with van der Waals surface area (Å²) in [6.07, 6.45) is 12.2. The fourth-order valence-electron chi connectivity index (χ4n) is 9.89. The number of fused-ring (bicyclic) bond motifs is 2. The van der Waals surface area contributed by atoms with E-state index in [0.717, 1.165) is 61.0 Å². The predicted octanol–water partition coefficient (Wildman–Crippen LogP) is 9.48. The van der Waals surface area contributed by atoms with Crippen LogP contribution in [0.3, 0.4) is 0 Å². The average molecular weight is 882 g/mol. The highest BCUT2D eigenvalue weighted by atomic mass is 19.1. The molecule has 2 aromatic carbocycles. The second-order valence-electron chi connectivity index (χ2n) is 17.2. The summed E-state index contributed by atoms with van der Waals surface area (Å²) in [6, 6.07) is 16.9. The van der Waals surface area contributed by atoms with Gasteiger partial charge >= 0.3 is 6.09 Å². The summed E-state index contributed by atoms with van der Waals surface area (Å²) in [5, 5.41) is 24.9. The molecule has 3 aromatic rings. The smallest absolute Gasteiger partial charge is 0.410 e. The third-order valence-corrected chi connectivity index (χ3v) is 12.8. The molecule has 13 heteroatoms. The number of amides is 1. The molecule has 4 aliphatic rings. The Morgan fingerprint density at radius 3 is 2.58 bits per heavy atom. The summed E-state index contributed by atoms with van der Waals surface area (Å²) < 4.78 is 47.2. The van der Waals surface area contributed by atoms with Crippen LogP contribution < -0.4 is 9.47 Å². The lowest BCUT2D eigenvalue weighted by atomic mass is 9.55. The first-order chi connectivity index (χ1) is 31.3. The lowest BCUT2D eigenvalue weighted by Crippen LogP contribution is -2.70. The van der Waals surface area contributed by atoms with Crippen LogP contribution in [0, 0.1) is 30.5 Å². The van der Waals surface area contributed by atoms with E-state index in [1.807, 2.05) is 37.3 Å². The number of benzene rings is 2. The van der Waals surface area contributed by atoms with E-state index in [1.54, 1.807) is 29.2 Å². The van der Waals surface area contributed by atoms with Gasteiger partial charge in [0, 0.05) is 49.8 Å². The Morgan fingerprint density at radius 2 is 1.84 bits per heavy atom. The lowest BCUT2D eigenvalue weighted by Gasteiger charge is -2.60. The van der Waals surface area contributed by atoms with Crippen molar-refractivity contribution in [1.82, 2.24) is 9.88 Å². The fourth-order valence-corrected chi connectivity index (χ4v) is 9.89. The number of hydrogen-bond acceptors (Lipinski definition) is 11. The van der Waals surface area contributed by atoms with Crippen molar-refractivity contribution >= 4 is 11.8 Å². The van der Waals surface area contributed by atoms with E-state index < -0.39 is 35.9 Å². The summed E-state index contributed by atoms with van der Waals surface area (Å²) in [7, 11) is 0. The Bertz CT molecular complexity index is 2090. The van der Waals surface area contributed by atoms with E-state index in [0.29, 0.717) is 55.1 Å². The molecule has 0 radical (unpaired) electrons. The molecule has 64 heavy (non-hydrogen) atoms. The van der Waals surface area contributed by atoms with Gasteiger partial charge in [-0.2, -0.15) is 0 Å². The minimum absolute atomic E-state index is 0.00901. The molecule has 2 N–H and O–H groups in total. The van der Waals surface area contributed by atoms with E-state index in [1.165, 1.54) is 12.1 Å². The van der Waals surface area contributed by atoms with Gasteiger partial charge in [0.15, 0.2) is 0 Å². The Morgan fingerprint density at radius 1 is 1.03 bits per heavy atom. The molecule has 7 rings (SSSR count). The lowest BCUT2D eigenvalue weighted by molar-refractivity contribution is -0.256. The molecule has 1 aromatic heterocycles. The van der Waals surface area contributed by atoms with E-state index in [9.17, 15) is 19.4 Å². The zero-order valence-corrected chi connectivity index (χ0v) is 37.1. The van der Waals surface area contributed by atoms with Crippen molar-refractivity contribution in [3.05, 3.63) is 126 Å². The number of ether oxygens (including phenoxy) is 5. The summed E-state index contributed by atoms with van der Waals surface area (Å²) in [6.45, 7) is 11.0. The number of allylic oxidation sites excluding steroid dienone is 1. The highest BCUT2D eigenvalue weighted by Crippen LogP contribution is 2.62. The van der Waals surface area contributed by atoms with Crippen LogP contribution in [0.15, 0.2) is 103 Å². The van der Waals surface area contributed by atoms with Crippen molar-refractivity contribution in [3.8, 4) is 11.5 Å². The van der Waals surface area contributed by atoms with Gasteiger partial charge in [-0.1, -0.05) is 54.4 Å². The molecule has 2 aliphatic heterocycles. The van der Waals surface area contributed by atoms with Gasteiger partial charge in [-0.25, -0.2) is 9.18 Å². The highest BCUT2D eigenvalue weighted by molar-refractivity contribution is 6.03.